The topological polar surface area (TPSA) is 149 Å². The molecule has 0 unspecified atom stereocenters. The molecule has 11 nitrogen and oxygen atoms in total. The molecule has 11 heteroatoms. The summed E-state index contributed by atoms with van der Waals surface area (Å²) in [5.74, 6) is -0.991. The minimum Gasteiger partial charge on any atom is -0.479 e. The van der Waals surface area contributed by atoms with Crippen LogP contribution < -0.4 is 4.74 Å². The third-order valence-corrected chi connectivity index (χ3v) is 9.01. The van der Waals surface area contributed by atoms with E-state index in [0.29, 0.717) is 34.9 Å². The summed E-state index contributed by atoms with van der Waals surface area (Å²) in [4.78, 5) is 39.9. The molecular formula is C30H44N4O7. The molecule has 0 spiro atoms. The monoisotopic (exact) mass is 572 g/mol. The van der Waals surface area contributed by atoms with E-state index in [4.69, 9.17) is 14.2 Å². The Morgan fingerprint density at radius 3 is 2.59 bits per heavy atom. The normalized spacial score (nSPS) is 33.8. The Labute approximate surface area is 241 Å². The highest BCUT2D eigenvalue weighted by atomic mass is 16.6. The molecule has 7 atom stereocenters. The molecule has 0 bridgehead atoms. The van der Waals surface area contributed by atoms with Gasteiger partial charge in [0.15, 0.2) is 17.0 Å². The Bertz CT molecular complexity index is 1320. The molecule has 226 valence electrons. The van der Waals surface area contributed by atoms with E-state index < -0.39 is 35.6 Å². The number of esters is 1. The van der Waals surface area contributed by atoms with Gasteiger partial charge in [0.2, 0.25) is 5.88 Å². The number of hydrogen-bond donors (Lipinski definition) is 2. The highest BCUT2D eigenvalue weighted by Gasteiger charge is 2.53. The maximum absolute atomic E-state index is 13.3. The van der Waals surface area contributed by atoms with E-state index in [1.54, 1.807) is 37.7 Å². The standard InChI is InChI=1S/C30H44N4O7/c1-16-10-9-11-30(6)21(41-30)13-19(40-23(36)14-20(35)29(4,5)26(38)18(3)25(16)37)17(2)12-22-32-27-24(28(33-22)39-8)31-15-34(27)7/h12,15-16,18-21,25,35,37H,9-11,13-14H2,1-8H3/t16-,18+,19-,20-,21-,25-,30+/m0/s1. The molecule has 2 aromatic rings. The number of hydrogen-bond acceptors (Lipinski definition) is 10. The molecule has 0 amide bonds. The number of aryl methyl sites for hydroxylation is 1. The molecule has 0 aliphatic carbocycles. The van der Waals surface area contributed by atoms with Gasteiger partial charge in [-0.25, -0.2) is 9.97 Å². The Morgan fingerprint density at radius 1 is 1.20 bits per heavy atom. The average molecular weight is 573 g/mol. The fourth-order valence-corrected chi connectivity index (χ4v) is 5.79. The number of cyclic esters (lactones) is 1. The van der Waals surface area contributed by atoms with Crippen molar-refractivity contribution in [1.29, 1.82) is 0 Å². The number of fused-ring (bicyclic) bond motifs is 2. The van der Waals surface area contributed by atoms with E-state index in [9.17, 15) is 19.8 Å². The first kappa shape index (κ1) is 31.1. The van der Waals surface area contributed by atoms with Gasteiger partial charge in [-0.15, -0.1) is 0 Å². The molecule has 2 aliphatic rings. The predicted octanol–water partition coefficient (Wildman–Crippen LogP) is 3.40. The van der Waals surface area contributed by atoms with Crippen LogP contribution in [0.25, 0.3) is 17.2 Å². The first-order chi connectivity index (χ1) is 19.2. The zero-order valence-electron chi connectivity index (χ0n) is 25.4. The maximum Gasteiger partial charge on any atom is 0.309 e. The number of nitrogens with zero attached hydrogens (tertiary/aromatic N) is 4. The second-order valence-electron chi connectivity index (χ2n) is 12.6. The maximum atomic E-state index is 13.3. The van der Waals surface area contributed by atoms with E-state index >= 15 is 0 Å². The first-order valence-electron chi connectivity index (χ1n) is 14.4. The number of epoxide rings is 1. The van der Waals surface area contributed by atoms with Gasteiger partial charge in [-0.1, -0.05) is 34.1 Å². The molecule has 41 heavy (non-hydrogen) atoms. The van der Waals surface area contributed by atoms with Crippen LogP contribution in [0, 0.1) is 17.3 Å². The molecule has 4 rings (SSSR count). The summed E-state index contributed by atoms with van der Waals surface area (Å²) in [6, 6.07) is 0. The zero-order valence-corrected chi connectivity index (χ0v) is 25.4. The highest BCUT2D eigenvalue weighted by molar-refractivity contribution is 5.88. The van der Waals surface area contributed by atoms with E-state index in [1.165, 1.54) is 7.11 Å². The van der Waals surface area contributed by atoms with Crippen LogP contribution in [-0.4, -0.2) is 78.6 Å². The Kier molecular flexibility index (Phi) is 8.92. The Balaban J connectivity index is 1.63. The van der Waals surface area contributed by atoms with Gasteiger partial charge in [0.05, 0.1) is 49.2 Å². The number of ether oxygens (including phenoxy) is 3. The minimum absolute atomic E-state index is 0.104. The number of ketones is 1. The molecule has 0 aromatic carbocycles. The van der Waals surface area contributed by atoms with Crippen LogP contribution in [0.2, 0.25) is 0 Å². The number of carbonyl (C=O) groups is 2. The van der Waals surface area contributed by atoms with E-state index in [1.807, 2.05) is 27.8 Å². The SMILES string of the molecule is COc1nc(C=C(C)[C@@H]2C[C@@H]3O[C@]3(C)CCC[C@H](C)[C@H](O)[C@@H](C)C(=O)C(C)(C)[C@@H](O)CC(=O)O2)nc2c1ncn2C. The Morgan fingerprint density at radius 2 is 1.90 bits per heavy atom. The van der Waals surface area contributed by atoms with E-state index in [-0.39, 0.29) is 29.8 Å². The number of carbonyl (C=O) groups excluding carboxylic acids is 2. The van der Waals surface area contributed by atoms with Gasteiger partial charge < -0.3 is 29.0 Å². The van der Waals surface area contributed by atoms with Crippen LogP contribution in [-0.2, 0) is 26.1 Å². The second-order valence-corrected chi connectivity index (χ2v) is 12.6. The number of imidazole rings is 1. The van der Waals surface area contributed by atoms with Crippen LogP contribution in [0.4, 0.5) is 0 Å². The Hall–Kier alpha value is -2.89. The second kappa shape index (κ2) is 11.8. The molecule has 2 aliphatic heterocycles. The summed E-state index contributed by atoms with van der Waals surface area (Å²) in [5, 5.41) is 21.9. The molecule has 0 radical (unpaired) electrons. The third kappa shape index (κ3) is 6.47. The number of aliphatic hydroxyl groups is 2. The van der Waals surface area contributed by atoms with Crippen LogP contribution in [0.5, 0.6) is 5.88 Å². The fraction of sp³-hybridized carbons (Fsp3) is 0.700. The number of rotatable bonds is 3. The van der Waals surface area contributed by atoms with Crippen molar-refractivity contribution in [3.05, 3.63) is 17.7 Å². The lowest BCUT2D eigenvalue weighted by molar-refractivity contribution is -0.154. The van der Waals surface area contributed by atoms with Gasteiger partial charge in [0.1, 0.15) is 11.9 Å². The van der Waals surface area contributed by atoms with Gasteiger partial charge in [-0.05, 0) is 44.3 Å². The third-order valence-electron chi connectivity index (χ3n) is 9.01. The van der Waals surface area contributed by atoms with Crippen LogP contribution >= 0.6 is 0 Å². The lowest BCUT2D eigenvalue weighted by Crippen LogP contribution is -2.45. The largest absolute Gasteiger partial charge is 0.479 e. The van der Waals surface area contributed by atoms with Gasteiger partial charge in [0, 0.05) is 19.4 Å². The van der Waals surface area contributed by atoms with Crippen molar-refractivity contribution in [2.24, 2.45) is 24.3 Å². The van der Waals surface area contributed by atoms with Gasteiger partial charge in [-0.3, -0.25) is 9.59 Å². The first-order valence-corrected chi connectivity index (χ1v) is 14.4. The lowest BCUT2D eigenvalue weighted by Gasteiger charge is -2.34. The number of Topliss-reactive ketones (excluding diaryl/α,β-unsaturated/α-hetero) is 1. The smallest absolute Gasteiger partial charge is 0.309 e. The molecule has 2 saturated heterocycles. The summed E-state index contributed by atoms with van der Waals surface area (Å²) in [6.07, 6.45) is 2.85. The van der Waals surface area contributed by atoms with Gasteiger partial charge in [0.25, 0.3) is 0 Å². The van der Waals surface area contributed by atoms with Crippen LogP contribution in [0.1, 0.15) is 79.5 Å². The molecule has 4 heterocycles. The molecule has 2 fully saturated rings. The summed E-state index contributed by atoms with van der Waals surface area (Å²) in [6.45, 7) is 10.7. The summed E-state index contributed by atoms with van der Waals surface area (Å²) >= 11 is 0. The van der Waals surface area contributed by atoms with Crippen molar-refractivity contribution >= 4 is 29.0 Å². The van der Waals surface area contributed by atoms with Crippen molar-refractivity contribution in [1.82, 2.24) is 19.5 Å². The van der Waals surface area contributed by atoms with Crippen molar-refractivity contribution < 1.29 is 34.0 Å². The zero-order chi connectivity index (χ0) is 30.3. The fourth-order valence-electron chi connectivity index (χ4n) is 5.79. The molecule has 2 N–H and O–H groups in total. The highest BCUT2D eigenvalue weighted by Crippen LogP contribution is 2.45. The quantitative estimate of drug-likeness (QED) is 0.414. The molecular weight excluding hydrogens is 528 g/mol. The van der Waals surface area contributed by atoms with Crippen molar-refractivity contribution in [2.75, 3.05) is 7.11 Å². The number of methoxy groups -OCH3 is 1. The average Bonchev–Trinajstić information content (AvgIpc) is 3.40. The predicted molar refractivity (Wildman–Crippen MR) is 152 cm³/mol. The van der Waals surface area contributed by atoms with Gasteiger partial charge >= 0.3 is 5.97 Å². The minimum atomic E-state index is -1.28. The number of aromatic nitrogens is 4. The van der Waals surface area contributed by atoms with Crippen molar-refractivity contribution in [3.63, 3.8) is 0 Å². The van der Waals surface area contributed by atoms with Crippen molar-refractivity contribution in [3.8, 4) is 5.88 Å². The molecule has 0 saturated carbocycles. The van der Waals surface area contributed by atoms with Gasteiger partial charge in [-0.2, -0.15) is 4.98 Å². The summed E-state index contributed by atoms with van der Waals surface area (Å²) < 4.78 is 19.2. The molecule has 2 aromatic heterocycles. The van der Waals surface area contributed by atoms with E-state index in [0.717, 1.165) is 19.3 Å². The van der Waals surface area contributed by atoms with E-state index in [2.05, 4.69) is 15.0 Å². The van der Waals surface area contributed by atoms with Crippen LogP contribution in [0.15, 0.2) is 11.9 Å². The van der Waals surface area contributed by atoms with Crippen LogP contribution in [0.3, 0.4) is 0 Å². The summed E-state index contributed by atoms with van der Waals surface area (Å²) in [7, 11) is 3.35. The lowest BCUT2D eigenvalue weighted by atomic mass is 9.73. The number of aliphatic hydroxyl groups excluding tert-OH is 2. The van der Waals surface area contributed by atoms with Crippen molar-refractivity contribution in [2.45, 2.75) is 104 Å². The summed E-state index contributed by atoms with van der Waals surface area (Å²) in [5.41, 5.74) is 0.231.